The molecule has 0 amide bonds. The van der Waals surface area contributed by atoms with Crippen LogP contribution in [0.25, 0.3) is 11.4 Å². The summed E-state index contributed by atoms with van der Waals surface area (Å²) in [7, 11) is 1.36. The van der Waals surface area contributed by atoms with E-state index in [4.69, 9.17) is 15.0 Å². The Labute approximate surface area is 102 Å². The van der Waals surface area contributed by atoms with Crippen molar-refractivity contribution in [1.82, 2.24) is 10.1 Å². The summed E-state index contributed by atoms with van der Waals surface area (Å²) >= 11 is 0. The highest BCUT2D eigenvalue weighted by Gasteiger charge is 2.16. The van der Waals surface area contributed by atoms with Crippen molar-refractivity contribution in [1.29, 1.82) is 0 Å². The highest BCUT2D eigenvalue weighted by atomic mass is 19.1. The Balaban J connectivity index is 2.34. The molecule has 0 aliphatic carbocycles. The molecule has 0 fully saturated rings. The number of benzene rings is 1. The van der Waals surface area contributed by atoms with E-state index in [0.29, 0.717) is 5.56 Å². The summed E-state index contributed by atoms with van der Waals surface area (Å²) in [5.74, 6) is -0.142. The molecule has 18 heavy (non-hydrogen) atoms. The fourth-order valence-corrected chi connectivity index (χ4v) is 1.39. The van der Waals surface area contributed by atoms with E-state index in [1.165, 1.54) is 25.3 Å². The Kier molecular flexibility index (Phi) is 3.54. The molecule has 0 saturated carbocycles. The van der Waals surface area contributed by atoms with Crippen LogP contribution in [0.3, 0.4) is 0 Å². The number of ether oxygens (including phenoxy) is 1. The molecule has 2 aromatic rings. The van der Waals surface area contributed by atoms with Gasteiger partial charge < -0.3 is 20.1 Å². The van der Waals surface area contributed by atoms with Crippen molar-refractivity contribution in [3.05, 3.63) is 29.9 Å². The first-order chi connectivity index (χ1) is 8.65. The van der Waals surface area contributed by atoms with Crippen LogP contribution in [0, 0.1) is 5.82 Å². The van der Waals surface area contributed by atoms with Gasteiger partial charge in [0, 0.05) is 12.1 Å². The summed E-state index contributed by atoms with van der Waals surface area (Å²) in [6, 6.07) is 4.17. The summed E-state index contributed by atoms with van der Waals surface area (Å²) < 4.78 is 22.9. The summed E-state index contributed by atoms with van der Waals surface area (Å²) in [5, 5.41) is 13.1. The molecule has 0 bridgehead atoms. The number of rotatable bonds is 4. The molecule has 0 spiro atoms. The number of nitrogens with two attached hydrogens (primary N) is 1. The molecule has 0 aliphatic rings. The fourth-order valence-electron chi connectivity index (χ4n) is 1.39. The Bertz CT molecular complexity index is 544. The Morgan fingerprint density at radius 3 is 3.00 bits per heavy atom. The molecule has 1 heterocycles. The lowest BCUT2D eigenvalue weighted by molar-refractivity contribution is 0.141. The van der Waals surface area contributed by atoms with Crippen LogP contribution in [0.4, 0.5) is 4.39 Å². The molecule has 0 saturated heterocycles. The SMILES string of the molecule is COc1cc(-c2noc([C@@H](O)CN)n2)ccc1F. The van der Waals surface area contributed by atoms with Gasteiger partial charge in [0.2, 0.25) is 5.82 Å². The zero-order valence-corrected chi connectivity index (χ0v) is 9.63. The Morgan fingerprint density at radius 2 is 2.33 bits per heavy atom. The highest BCUT2D eigenvalue weighted by molar-refractivity contribution is 5.57. The van der Waals surface area contributed by atoms with Gasteiger partial charge in [0.05, 0.1) is 7.11 Å². The second kappa shape index (κ2) is 5.11. The largest absolute Gasteiger partial charge is 0.494 e. The van der Waals surface area contributed by atoms with Crippen LogP contribution in [0.5, 0.6) is 5.75 Å². The van der Waals surface area contributed by atoms with E-state index < -0.39 is 11.9 Å². The zero-order chi connectivity index (χ0) is 13.1. The first-order valence-corrected chi connectivity index (χ1v) is 5.21. The van der Waals surface area contributed by atoms with Gasteiger partial charge in [-0.05, 0) is 18.2 Å². The molecule has 0 radical (unpaired) electrons. The van der Waals surface area contributed by atoms with Crippen molar-refractivity contribution in [2.75, 3.05) is 13.7 Å². The molecule has 1 atom stereocenters. The van der Waals surface area contributed by atoms with E-state index in [2.05, 4.69) is 10.1 Å². The van der Waals surface area contributed by atoms with E-state index in [9.17, 15) is 9.50 Å². The topological polar surface area (TPSA) is 94.4 Å². The molecule has 7 heteroatoms. The molecule has 0 unspecified atom stereocenters. The van der Waals surface area contributed by atoms with Crippen molar-refractivity contribution in [2.24, 2.45) is 5.73 Å². The first kappa shape index (κ1) is 12.5. The smallest absolute Gasteiger partial charge is 0.257 e. The van der Waals surface area contributed by atoms with Gasteiger partial charge in [-0.3, -0.25) is 0 Å². The predicted octanol–water partition coefficient (Wildman–Crippen LogP) is 0.876. The summed E-state index contributed by atoms with van der Waals surface area (Å²) in [6.45, 7) is -0.0195. The monoisotopic (exact) mass is 253 g/mol. The van der Waals surface area contributed by atoms with Crippen LogP contribution in [-0.2, 0) is 0 Å². The second-order valence-electron chi connectivity index (χ2n) is 3.56. The van der Waals surface area contributed by atoms with Crippen LogP contribution in [0.2, 0.25) is 0 Å². The summed E-state index contributed by atoms with van der Waals surface area (Å²) in [6.07, 6.45) is -1.01. The van der Waals surface area contributed by atoms with Gasteiger partial charge in [-0.15, -0.1) is 0 Å². The van der Waals surface area contributed by atoms with E-state index in [1.807, 2.05) is 0 Å². The third-order valence-corrected chi connectivity index (χ3v) is 2.36. The number of methoxy groups -OCH3 is 1. The normalized spacial score (nSPS) is 12.4. The molecule has 96 valence electrons. The zero-order valence-electron chi connectivity index (χ0n) is 9.63. The van der Waals surface area contributed by atoms with Crippen LogP contribution < -0.4 is 10.5 Å². The molecular weight excluding hydrogens is 241 g/mol. The molecule has 0 aliphatic heterocycles. The third kappa shape index (κ3) is 2.31. The van der Waals surface area contributed by atoms with Gasteiger partial charge in [0.25, 0.3) is 5.89 Å². The maximum absolute atomic E-state index is 13.2. The predicted molar refractivity (Wildman–Crippen MR) is 60.3 cm³/mol. The van der Waals surface area contributed by atoms with Crippen molar-refractivity contribution < 1.29 is 18.8 Å². The number of halogens is 1. The molecule has 1 aromatic heterocycles. The minimum atomic E-state index is -1.01. The van der Waals surface area contributed by atoms with Crippen molar-refractivity contribution in [3.63, 3.8) is 0 Å². The lowest BCUT2D eigenvalue weighted by Gasteiger charge is -2.02. The molecule has 2 rings (SSSR count). The quantitative estimate of drug-likeness (QED) is 0.839. The number of hydrogen-bond donors (Lipinski definition) is 2. The van der Waals surface area contributed by atoms with Crippen LogP contribution in [0.15, 0.2) is 22.7 Å². The van der Waals surface area contributed by atoms with E-state index in [1.54, 1.807) is 0 Å². The van der Waals surface area contributed by atoms with Gasteiger partial charge >= 0.3 is 0 Å². The number of nitrogens with zero attached hydrogens (tertiary/aromatic N) is 2. The maximum atomic E-state index is 13.2. The first-order valence-electron chi connectivity index (χ1n) is 5.21. The Hall–Kier alpha value is -1.99. The van der Waals surface area contributed by atoms with Crippen molar-refractivity contribution in [3.8, 4) is 17.1 Å². The average Bonchev–Trinajstić information content (AvgIpc) is 2.88. The minimum absolute atomic E-state index is 0.0195. The second-order valence-corrected chi connectivity index (χ2v) is 3.56. The summed E-state index contributed by atoms with van der Waals surface area (Å²) in [5.41, 5.74) is 5.79. The third-order valence-electron chi connectivity index (χ3n) is 2.36. The van der Waals surface area contributed by atoms with Gasteiger partial charge in [0.1, 0.15) is 6.10 Å². The van der Waals surface area contributed by atoms with E-state index in [0.717, 1.165) is 0 Å². The van der Waals surface area contributed by atoms with Gasteiger partial charge in [-0.25, -0.2) is 4.39 Å². The highest BCUT2D eigenvalue weighted by Crippen LogP contribution is 2.25. The maximum Gasteiger partial charge on any atom is 0.257 e. The average molecular weight is 253 g/mol. The van der Waals surface area contributed by atoms with Crippen LogP contribution >= 0.6 is 0 Å². The number of hydrogen-bond acceptors (Lipinski definition) is 6. The lowest BCUT2D eigenvalue weighted by Crippen LogP contribution is -2.11. The van der Waals surface area contributed by atoms with Crippen LogP contribution in [-0.4, -0.2) is 28.9 Å². The van der Waals surface area contributed by atoms with Crippen molar-refractivity contribution >= 4 is 0 Å². The number of aromatic nitrogens is 2. The summed E-state index contributed by atoms with van der Waals surface area (Å²) in [4.78, 5) is 3.97. The van der Waals surface area contributed by atoms with Crippen LogP contribution in [0.1, 0.15) is 12.0 Å². The fraction of sp³-hybridized carbons (Fsp3) is 0.273. The van der Waals surface area contributed by atoms with E-state index in [-0.39, 0.29) is 24.0 Å². The van der Waals surface area contributed by atoms with Crippen molar-refractivity contribution in [2.45, 2.75) is 6.10 Å². The lowest BCUT2D eigenvalue weighted by atomic mass is 10.2. The molecule has 1 aromatic carbocycles. The molecule has 6 nitrogen and oxygen atoms in total. The van der Waals surface area contributed by atoms with E-state index >= 15 is 0 Å². The number of aliphatic hydroxyl groups excluding tert-OH is 1. The molecule has 3 N–H and O–H groups in total. The van der Waals surface area contributed by atoms with Gasteiger partial charge in [-0.1, -0.05) is 5.16 Å². The standard InChI is InChI=1S/C11H12FN3O3/c1-17-9-4-6(2-3-7(9)12)10-14-11(18-15-10)8(16)5-13/h2-4,8,16H,5,13H2,1H3/t8-/m0/s1. The van der Waals surface area contributed by atoms with Gasteiger partial charge in [0.15, 0.2) is 11.6 Å². The Morgan fingerprint density at radius 1 is 1.56 bits per heavy atom. The minimum Gasteiger partial charge on any atom is -0.494 e. The number of aliphatic hydroxyl groups is 1. The van der Waals surface area contributed by atoms with Gasteiger partial charge in [-0.2, -0.15) is 4.98 Å². The molecular formula is C11H12FN3O3.